The molecule has 4 saturated carbocycles. The van der Waals surface area contributed by atoms with Crippen LogP contribution in [0.2, 0.25) is 58.9 Å². The first kappa shape index (κ1) is 29.5. The number of hydrogen-bond donors (Lipinski definition) is 0. The van der Waals surface area contributed by atoms with E-state index in [4.69, 9.17) is 13.3 Å². The van der Waals surface area contributed by atoms with Gasteiger partial charge in [0.2, 0.25) is 0 Å². The van der Waals surface area contributed by atoms with Gasteiger partial charge in [-0.3, -0.25) is 0 Å². The van der Waals surface area contributed by atoms with Crippen LogP contribution in [0.25, 0.3) is 0 Å². The van der Waals surface area contributed by atoms with Crippen molar-refractivity contribution in [1.82, 2.24) is 0 Å². The normalized spacial score (nSPS) is 44.5. The lowest BCUT2D eigenvalue weighted by atomic mass is 9.44. The largest absolute Gasteiger partial charge is 0.415 e. The Labute approximate surface area is 227 Å². The van der Waals surface area contributed by atoms with Crippen molar-refractivity contribution >= 4 is 25.0 Å². The summed E-state index contributed by atoms with van der Waals surface area (Å²) in [4.78, 5) is 0. The third-order valence-corrected chi connectivity index (χ3v) is 13.9. The van der Waals surface area contributed by atoms with Gasteiger partial charge in [0.25, 0.3) is 0 Å². The number of rotatable bonds is 7. The van der Waals surface area contributed by atoms with E-state index in [0.29, 0.717) is 35.1 Å². The second-order valence-electron chi connectivity index (χ2n) is 16.8. The predicted octanol–water partition coefficient (Wildman–Crippen LogP) is 8.94. The molecule has 0 spiro atoms. The lowest BCUT2D eigenvalue weighted by Crippen LogP contribution is -2.61. The summed E-state index contributed by atoms with van der Waals surface area (Å²) in [5.74, 6) is 3.87. The fraction of sp³-hybridized carbons (Fsp3) is 1.00. The molecule has 4 rings (SSSR count). The van der Waals surface area contributed by atoms with Crippen molar-refractivity contribution < 1.29 is 13.3 Å². The predicted molar refractivity (Wildman–Crippen MR) is 161 cm³/mol. The SMILES string of the molecule is C[C@@H](O[Si](C)(C)C)[C@H]1CCC2C3CC[C@H]4C[C@@H](O[Si](C)(C)C)CC[C@]4(C)C3[C@@H](O[Si](C)(C)C)C[C@@]21C. The minimum atomic E-state index is -1.66. The summed E-state index contributed by atoms with van der Waals surface area (Å²) in [6.45, 7) is 29.2. The summed E-state index contributed by atoms with van der Waals surface area (Å²) in [7, 11) is -4.72. The third-order valence-electron chi connectivity index (χ3n) is 10.7. The molecular weight excluding hydrogens is 493 g/mol. The van der Waals surface area contributed by atoms with Gasteiger partial charge in [-0.15, -0.1) is 0 Å². The van der Waals surface area contributed by atoms with Crippen LogP contribution in [-0.4, -0.2) is 43.3 Å². The molecule has 0 aromatic rings. The Balaban J connectivity index is 1.63. The summed E-state index contributed by atoms with van der Waals surface area (Å²) >= 11 is 0. The molecule has 0 aliphatic heterocycles. The average Bonchev–Trinajstić information content (AvgIpc) is 3.01. The summed E-state index contributed by atoms with van der Waals surface area (Å²) in [6.07, 6.45) is 12.0. The highest BCUT2D eigenvalue weighted by atomic mass is 28.4. The molecule has 3 unspecified atom stereocenters. The maximum Gasteiger partial charge on any atom is 0.184 e. The second kappa shape index (κ2) is 9.87. The number of hydrogen-bond acceptors (Lipinski definition) is 3. The minimum absolute atomic E-state index is 0.353. The summed E-state index contributed by atoms with van der Waals surface area (Å²) < 4.78 is 20.7. The van der Waals surface area contributed by atoms with Crippen LogP contribution in [0, 0.1) is 40.4 Å². The van der Waals surface area contributed by atoms with Crippen LogP contribution in [0.5, 0.6) is 0 Å². The van der Waals surface area contributed by atoms with Gasteiger partial charge in [-0.1, -0.05) is 13.8 Å². The van der Waals surface area contributed by atoms with Crippen LogP contribution in [-0.2, 0) is 13.3 Å². The van der Waals surface area contributed by atoms with E-state index in [1.54, 1.807) is 0 Å². The zero-order valence-corrected chi connectivity index (χ0v) is 29.0. The van der Waals surface area contributed by atoms with Crippen molar-refractivity contribution in [2.45, 2.75) is 149 Å². The third kappa shape index (κ3) is 5.99. The molecule has 0 aromatic carbocycles. The lowest BCUT2D eigenvalue weighted by Gasteiger charge is -2.64. The fourth-order valence-corrected chi connectivity index (χ4v) is 13.6. The van der Waals surface area contributed by atoms with E-state index in [1.165, 1.54) is 51.4 Å². The van der Waals surface area contributed by atoms with Gasteiger partial charge in [-0.2, -0.15) is 0 Å². The van der Waals surface area contributed by atoms with Crippen molar-refractivity contribution in [3.05, 3.63) is 0 Å². The summed E-state index contributed by atoms with van der Waals surface area (Å²) in [5.41, 5.74) is 0.762. The van der Waals surface area contributed by atoms with Crippen molar-refractivity contribution in [2.24, 2.45) is 40.4 Å². The molecule has 4 aliphatic carbocycles. The Morgan fingerprint density at radius 3 is 1.94 bits per heavy atom. The first-order chi connectivity index (χ1) is 16.3. The molecule has 0 aromatic heterocycles. The highest BCUT2D eigenvalue weighted by Gasteiger charge is 2.64. The van der Waals surface area contributed by atoms with Crippen molar-refractivity contribution in [3.63, 3.8) is 0 Å². The van der Waals surface area contributed by atoms with Crippen LogP contribution in [0.15, 0.2) is 0 Å². The first-order valence-corrected chi connectivity index (χ1v) is 25.6. The van der Waals surface area contributed by atoms with Gasteiger partial charge in [0.15, 0.2) is 25.0 Å². The molecular formula is C30H60O3Si3. The fourth-order valence-electron chi connectivity index (χ4n) is 9.93. The molecule has 0 radical (unpaired) electrons. The first-order valence-electron chi connectivity index (χ1n) is 15.4. The zero-order chi connectivity index (χ0) is 26.9. The molecule has 210 valence electrons. The maximum absolute atomic E-state index is 7.25. The zero-order valence-electron chi connectivity index (χ0n) is 26.0. The van der Waals surface area contributed by atoms with Crippen LogP contribution in [0.3, 0.4) is 0 Å². The summed E-state index contributed by atoms with van der Waals surface area (Å²) in [6, 6.07) is 0. The average molecular weight is 553 g/mol. The lowest BCUT2D eigenvalue weighted by molar-refractivity contribution is -0.175. The van der Waals surface area contributed by atoms with Crippen LogP contribution >= 0.6 is 0 Å². The van der Waals surface area contributed by atoms with Crippen molar-refractivity contribution in [2.75, 3.05) is 0 Å². The van der Waals surface area contributed by atoms with Crippen LogP contribution < -0.4 is 0 Å². The molecule has 3 nitrogen and oxygen atoms in total. The van der Waals surface area contributed by atoms with Gasteiger partial charge in [0, 0.05) is 18.3 Å². The Morgan fingerprint density at radius 1 is 0.722 bits per heavy atom. The van der Waals surface area contributed by atoms with E-state index in [2.05, 4.69) is 79.7 Å². The van der Waals surface area contributed by atoms with E-state index >= 15 is 0 Å². The molecule has 6 heteroatoms. The molecule has 10 atom stereocenters. The molecule has 0 N–H and O–H groups in total. The van der Waals surface area contributed by atoms with Crippen LogP contribution in [0.4, 0.5) is 0 Å². The molecule has 36 heavy (non-hydrogen) atoms. The van der Waals surface area contributed by atoms with Gasteiger partial charge in [0.05, 0.1) is 0 Å². The van der Waals surface area contributed by atoms with Gasteiger partial charge in [-0.05, 0) is 158 Å². The minimum Gasteiger partial charge on any atom is -0.415 e. The molecule has 0 bridgehead atoms. The van der Waals surface area contributed by atoms with E-state index in [-0.39, 0.29) is 0 Å². The van der Waals surface area contributed by atoms with E-state index in [9.17, 15) is 0 Å². The van der Waals surface area contributed by atoms with E-state index in [1.807, 2.05) is 0 Å². The maximum atomic E-state index is 7.25. The monoisotopic (exact) mass is 552 g/mol. The van der Waals surface area contributed by atoms with Gasteiger partial charge in [0.1, 0.15) is 0 Å². The molecule has 4 aliphatic rings. The highest BCUT2D eigenvalue weighted by Crippen LogP contribution is 2.68. The Kier molecular flexibility index (Phi) is 8.09. The van der Waals surface area contributed by atoms with E-state index < -0.39 is 25.0 Å². The van der Waals surface area contributed by atoms with Crippen molar-refractivity contribution in [1.29, 1.82) is 0 Å². The second-order valence-corrected chi connectivity index (χ2v) is 30.2. The molecule has 4 fully saturated rings. The topological polar surface area (TPSA) is 27.7 Å². The Hall–Kier alpha value is 0.531. The van der Waals surface area contributed by atoms with Gasteiger partial charge in [-0.25, -0.2) is 0 Å². The molecule has 0 amide bonds. The molecule has 0 heterocycles. The number of fused-ring (bicyclic) bond motifs is 5. The highest BCUT2D eigenvalue weighted by molar-refractivity contribution is 6.70. The standard InChI is InChI=1S/C30H60O3Si3/c1-21(31-34(4,5)6)25-15-16-26-24-14-13-22-19-23(32-35(7,8)9)17-18-29(22,2)28(24)27(20-30(25,26)3)33-36(10,11)12/h21-28H,13-20H2,1-12H3/t21-,22+,23+,24?,25-,26?,27+,28?,29+,30-/m1/s1. The van der Waals surface area contributed by atoms with Gasteiger partial charge < -0.3 is 13.3 Å². The quantitative estimate of drug-likeness (QED) is 0.295. The Morgan fingerprint density at radius 2 is 1.36 bits per heavy atom. The molecule has 0 saturated heterocycles. The van der Waals surface area contributed by atoms with Crippen LogP contribution in [0.1, 0.15) is 72.1 Å². The van der Waals surface area contributed by atoms with Crippen molar-refractivity contribution in [3.8, 4) is 0 Å². The smallest absolute Gasteiger partial charge is 0.184 e. The van der Waals surface area contributed by atoms with E-state index in [0.717, 1.165) is 23.7 Å². The Bertz CT molecular complexity index is 784. The summed E-state index contributed by atoms with van der Waals surface area (Å²) in [5, 5.41) is 0. The van der Waals surface area contributed by atoms with Gasteiger partial charge >= 0.3 is 0 Å².